The molecule has 1 amide bonds. The summed E-state index contributed by atoms with van der Waals surface area (Å²) in [6.45, 7) is 8.93. The molecule has 0 aromatic heterocycles. The zero-order chi connectivity index (χ0) is 21.1. The second-order valence-corrected chi connectivity index (χ2v) is 7.21. The van der Waals surface area contributed by atoms with Gasteiger partial charge < -0.3 is 4.74 Å². The Bertz CT molecular complexity index is 945. The predicted octanol–water partition coefficient (Wildman–Crippen LogP) is 3.35. The van der Waals surface area contributed by atoms with Crippen LogP contribution in [0.2, 0.25) is 0 Å². The van der Waals surface area contributed by atoms with Crippen LogP contribution in [0.4, 0.5) is 0 Å². The standard InChI is InChI=1S/C24H26N4O2/c1-4-15-26(16-5-2)23-22(19-9-7-6-8-10-19)27-21(17-25-28(27)24(23)29)18-11-13-20(30-3)14-12-18/h4-14,17,22-23,25H,1-2,15-16H2,3H3/t22-,23-/m1/s1. The van der Waals surface area contributed by atoms with Crippen molar-refractivity contribution in [1.29, 1.82) is 0 Å². The first-order valence-electron chi connectivity index (χ1n) is 9.94. The van der Waals surface area contributed by atoms with Crippen molar-refractivity contribution in [2.75, 3.05) is 20.2 Å². The Hall–Kier alpha value is -3.51. The van der Waals surface area contributed by atoms with Crippen LogP contribution < -0.4 is 10.2 Å². The van der Waals surface area contributed by atoms with Crippen molar-refractivity contribution in [3.8, 4) is 5.75 Å². The van der Waals surface area contributed by atoms with E-state index < -0.39 is 0 Å². The summed E-state index contributed by atoms with van der Waals surface area (Å²) < 4.78 is 5.29. The van der Waals surface area contributed by atoms with E-state index >= 15 is 0 Å². The largest absolute Gasteiger partial charge is 0.497 e. The maximum Gasteiger partial charge on any atom is 0.280 e. The normalized spacial score (nSPS) is 20.1. The number of fused-ring (bicyclic) bond motifs is 1. The summed E-state index contributed by atoms with van der Waals surface area (Å²) in [5.74, 6) is 0.785. The monoisotopic (exact) mass is 402 g/mol. The Morgan fingerprint density at radius 2 is 1.73 bits per heavy atom. The maximum absolute atomic E-state index is 13.5. The van der Waals surface area contributed by atoms with Gasteiger partial charge in [0.05, 0.1) is 12.8 Å². The molecule has 1 saturated heterocycles. The van der Waals surface area contributed by atoms with Crippen molar-refractivity contribution < 1.29 is 9.53 Å². The van der Waals surface area contributed by atoms with Crippen molar-refractivity contribution in [1.82, 2.24) is 20.5 Å². The molecule has 2 heterocycles. The van der Waals surface area contributed by atoms with E-state index in [-0.39, 0.29) is 18.0 Å². The van der Waals surface area contributed by atoms with Crippen LogP contribution in [0.25, 0.3) is 5.70 Å². The van der Waals surface area contributed by atoms with Crippen molar-refractivity contribution in [2.45, 2.75) is 12.1 Å². The molecule has 0 radical (unpaired) electrons. The van der Waals surface area contributed by atoms with Gasteiger partial charge in [-0.3, -0.25) is 20.1 Å². The summed E-state index contributed by atoms with van der Waals surface area (Å²) >= 11 is 0. The molecule has 1 N–H and O–H groups in total. The summed E-state index contributed by atoms with van der Waals surface area (Å²) in [6, 6.07) is 17.4. The van der Waals surface area contributed by atoms with Gasteiger partial charge in [0.1, 0.15) is 17.8 Å². The lowest BCUT2D eigenvalue weighted by Crippen LogP contribution is -2.45. The van der Waals surface area contributed by atoms with Gasteiger partial charge in [0, 0.05) is 24.9 Å². The molecule has 2 atom stereocenters. The van der Waals surface area contributed by atoms with Crippen LogP contribution in [0, 0.1) is 0 Å². The molecule has 0 unspecified atom stereocenters. The summed E-state index contributed by atoms with van der Waals surface area (Å²) in [7, 11) is 1.65. The van der Waals surface area contributed by atoms with E-state index in [4.69, 9.17) is 4.74 Å². The molecule has 0 spiro atoms. The lowest BCUT2D eigenvalue weighted by Gasteiger charge is -2.33. The lowest BCUT2D eigenvalue weighted by molar-refractivity contribution is -0.140. The van der Waals surface area contributed by atoms with Crippen LogP contribution in [0.5, 0.6) is 5.75 Å². The zero-order valence-electron chi connectivity index (χ0n) is 17.1. The van der Waals surface area contributed by atoms with Crippen molar-refractivity contribution >= 4 is 11.6 Å². The number of hydrogen-bond donors (Lipinski definition) is 1. The number of hydrogen-bond acceptors (Lipinski definition) is 5. The molecule has 2 aliphatic rings. The first kappa shape index (κ1) is 19.8. The third kappa shape index (κ3) is 3.35. The van der Waals surface area contributed by atoms with E-state index in [0.717, 1.165) is 22.6 Å². The Morgan fingerprint density at radius 1 is 1.07 bits per heavy atom. The minimum absolute atomic E-state index is 0.00712. The van der Waals surface area contributed by atoms with Crippen molar-refractivity contribution in [3.05, 3.63) is 97.2 Å². The van der Waals surface area contributed by atoms with Gasteiger partial charge >= 0.3 is 0 Å². The van der Waals surface area contributed by atoms with Gasteiger partial charge in [-0.2, -0.15) is 5.12 Å². The van der Waals surface area contributed by atoms with Crippen LogP contribution in [0.3, 0.4) is 0 Å². The molecule has 2 aliphatic heterocycles. The number of nitrogens with zero attached hydrogens (tertiary/aromatic N) is 3. The van der Waals surface area contributed by atoms with E-state index in [1.54, 1.807) is 12.2 Å². The van der Waals surface area contributed by atoms with Crippen LogP contribution in [-0.4, -0.2) is 47.2 Å². The number of benzene rings is 2. The second-order valence-electron chi connectivity index (χ2n) is 7.21. The fourth-order valence-corrected chi connectivity index (χ4v) is 4.14. The lowest BCUT2D eigenvalue weighted by atomic mass is 9.97. The second kappa shape index (κ2) is 8.47. The fourth-order valence-electron chi connectivity index (χ4n) is 4.14. The smallest absolute Gasteiger partial charge is 0.280 e. The van der Waals surface area contributed by atoms with E-state index in [9.17, 15) is 4.79 Å². The third-order valence-electron chi connectivity index (χ3n) is 5.46. The molecule has 2 aromatic rings. The van der Waals surface area contributed by atoms with Crippen LogP contribution >= 0.6 is 0 Å². The quantitative estimate of drug-likeness (QED) is 0.686. The minimum Gasteiger partial charge on any atom is -0.497 e. The number of rotatable bonds is 8. The number of hydrazine groups is 2. The number of carbonyl (C=O) groups is 1. The SMILES string of the molecule is C=CCN(CC=C)[C@H]1C(=O)N2NC=C(c3ccc(OC)cc3)N2[C@@H]1c1ccccc1. The van der Waals surface area contributed by atoms with E-state index in [0.29, 0.717) is 13.1 Å². The molecular weight excluding hydrogens is 376 g/mol. The molecule has 6 heteroatoms. The molecule has 4 rings (SSSR count). The Labute approximate surface area is 177 Å². The molecule has 0 bridgehead atoms. The number of amides is 1. The average molecular weight is 402 g/mol. The molecule has 2 aromatic carbocycles. The summed E-state index contributed by atoms with van der Waals surface area (Å²) in [6.07, 6.45) is 5.52. The van der Waals surface area contributed by atoms with Gasteiger partial charge in [0.15, 0.2) is 0 Å². The molecule has 0 aliphatic carbocycles. The highest BCUT2D eigenvalue weighted by atomic mass is 16.5. The first-order valence-corrected chi connectivity index (χ1v) is 9.94. The fraction of sp³-hybridized carbons (Fsp3) is 0.208. The van der Waals surface area contributed by atoms with E-state index in [1.807, 2.05) is 65.8 Å². The van der Waals surface area contributed by atoms with E-state index in [2.05, 4.69) is 35.6 Å². The molecular formula is C24H26N4O2. The van der Waals surface area contributed by atoms with Gasteiger partial charge in [0.25, 0.3) is 5.91 Å². The topological polar surface area (TPSA) is 48.1 Å². The molecule has 6 nitrogen and oxygen atoms in total. The van der Waals surface area contributed by atoms with Crippen LogP contribution in [0.15, 0.2) is 86.1 Å². The zero-order valence-corrected chi connectivity index (χ0v) is 17.1. The van der Waals surface area contributed by atoms with Crippen LogP contribution in [0.1, 0.15) is 17.2 Å². The Kier molecular flexibility index (Phi) is 5.59. The van der Waals surface area contributed by atoms with Crippen LogP contribution in [-0.2, 0) is 4.79 Å². The van der Waals surface area contributed by atoms with Crippen molar-refractivity contribution in [2.24, 2.45) is 0 Å². The highest BCUT2D eigenvalue weighted by Gasteiger charge is 2.52. The number of ether oxygens (including phenoxy) is 1. The molecule has 154 valence electrons. The predicted molar refractivity (Wildman–Crippen MR) is 118 cm³/mol. The van der Waals surface area contributed by atoms with E-state index in [1.165, 1.54) is 0 Å². The van der Waals surface area contributed by atoms with Gasteiger partial charge in [-0.1, -0.05) is 42.5 Å². The minimum atomic E-state index is -0.377. The summed E-state index contributed by atoms with van der Waals surface area (Å²) in [5, 5.41) is 3.66. The summed E-state index contributed by atoms with van der Waals surface area (Å²) in [5.41, 5.74) is 6.15. The number of carbonyl (C=O) groups excluding carboxylic acids is 1. The van der Waals surface area contributed by atoms with Gasteiger partial charge in [-0.25, -0.2) is 0 Å². The molecule has 0 saturated carbocycles. The van der Waals surface area contributed by atoms with Crippen molar-refractivity contribution in [3.63, 3.8) is 0 Å². The maximum atomic E-state index is 13.5. The highest BCUT2D eigenvalue weighted by Crippen LogP contribution is 2.43. The average Bonchev–Trinajstić information content (AvgIpc) is 3.33. The summed E-state index contributed by atoms with van der Waals surface area (Å²) in [4.78, 5) is 15.6. The van der Waals surface area contributed by atoms with Gasteiger partial charge in [0.2, 0.25) is 0 Å². The first-order chi connectivity index (χ1) is 14.7. The molecule has 1 fully saturated rings. The van der Waals surface area contributed by atoms with Gasteiger partial charge in [-0.15, -0.1) is 13.2 Å². The Balaban J connectivity index is 1.78. The molecule has 30 heavy (non-hydrogen) atoms. The Morgan fingerprint density at radius 3 is 2.33 bits per heavy atom. The third-order valence-corrected chi connectivity index (χ3v) is 5.46. The van der Waals surface area contributed by atoms with Gasteiger partial charge in [-0.05, 0) is 29.8 Å². The highest BCUT2D eigenvalue weighted by molar-refractivity contribution is 5.88. The number of methoxy groups -OCH3 is 1. The number of nitrogens with one attached hydrogen (secondary N) is 1.